The number of rotatable bonds is 5. The second kappa shape index (κ2) is 6.88. The summed E-state index contributed by atoms with van der Waals surface area (Å²) in [7, 11) is 0. The fourth-order valence-electron chi connectivity index (χ4n) is 1.91. The van der Waals surface area contributed by atoms with Gasteiger partial charge in [-0.3, -0.25) is 9.78 Å². The van der Waals surface area contributed by atoms with Gasteiger partial charge in [-0.25, -0.2) is 0 Å². The summed E-state index contributed by atoms with van der Waals surface area (Å²) in [6, 6.07) is 9.71. The molecule has 0 saturated heterocycles. The minimum atomic E-state index is -0.535. The summed E-state index contributed by atoms with van der Waals surface area (Å²) in [6.07, 6.45) is 2.88. The summed E-state index contributed by atoms with van der Waals surface area (Å²) in [4.78, 5) is 16.0. The molecule has 1 aromatic heterocycles. The molecule has 0 radical (unpaired) electrons. The standard InChI is InChI=1S/C17H20N2O2/c1-12-4-5-13(2)16(10-12)21-14(3)17(20)19-11-15-6-8-18-9-7-15/h4-10,14H,11H2,1-3H3,(H,19,20)/t14-/m1/s1. The van der Waals surface area contributed by atoms with Gasteiger partial charge in [0.1, 0.15) is 5.75 Å². The van der Waals surface area contributed by atoms with E-state index in [0.717, 1.165) is 22.4 Å². The lowest BCUT2D eigenvalue weighted by molar-refractivity contribution is -0.127. The number of carbonyl (C=O) groups excluding carboxylic acids is 1. The molecule has 0 fully saturated rings. The van der Waals surface area contributed by atoms with E-state index in [4.69, 9.17) is 4.74 Å². The highest BCUT2D eigenvalue weighted by Gasteiger charge is 2.15. The monoisotopic (exact) mass is 284 g/mol. The molecule has 0 aliphatic carbocycles. The number of hydrogen-bond acceptors (Lipinski definition) is 3. The molecule has 21 heavy (non-hydrogen) atoms. The first-order valence-corrected chi connectivity index (χ1v) is 6.97. The number of hydrogen-bond donors (Lipinski definition) is 1. The Kier molecular flexibility index (Phi) is 4.93. The van der Waals surface area contributed by atoms with Crippen LogP contribution in [-0.2, 0) is 11.3 Å². The van der Waals surface area contributed by atoms with E-state index in [1.165, 1.54) is 0 Å². The predicted octanol–water partition coefficient (Wildman–Crippen LogP) is 2.78. The molecule has 4 nitrogen and oxygen atoms in total. The molecule has 1 atom stereocenters. The van der Waals surface area contributed by atoms with E-state index in [-0.39, 0.29) is 5.91 Å². The topological polar surface area (TPSA) is 51.2 Å². The zero-order valence-corrected chi connectivity index (χ0v) is 12.6. The normalized spacial score (nSPS) is 11.8. The molecule has 0 spiro atoms. The highest BCUT2D eigenvalue weighted by atomic mass is 16.5. The van der Waals surface area contributed by atoms with Crippen LogP contribution in [0, 0.1) is 13.8 Å². The van der Waals surface area contributed by atoms with Crippen LogP contribution < -0.4 is 10.1 Å². The Bertz CT molecular complexity index is 611. The molecular formula is C17H20N2O2. The van der Waals surface area contributed by atoms with Gasteiger partial charge in [-0.2, -0.15) is 0 Å². The van der Waals surface area contributed by atoms with Crippen molar-refractivity contribution in [3.63, 3.8) is 0 Å². The lowest BCUT2D eigenvalue weighted by atomic mass is 10.1. The van der Waals surface area contributed by atoms with Crippen molar-refractivity contribution in [1.29, 1.82) is 0 Å². The van der Waals surface area contributed by atoms with Crippen LogP contribution >= 0.6 is 0 Å². The molecule has 110 valence electrons. The van der Waals surface area contributed by atoms with Crippen molar-refractivity contribution in [3.8, 4) is 5.75 Å². The summed E-state index contributed by atoms with van der Waals surface area (Å²) in [6.45, 7) is 6.20. The Labute approximate surface area is 125 Å². The third-order valence-corrected chi connectivity index (χ3v) is 3.23. The number of benzene rings is 1. The molecule has 1 heterocycles. The van der Waals surface area contributed by atoms with Crippen LogP contribution in [0.15, 0.2) is 42.7 Å². The largest absolute Gasteiger partial charge is 0.481 e. The molecule has 1 N–H and O–H groups in total. The van der Waals surface area contributed by atoms with Crippen LogP contribution in [0.25, 0.3) is 0 Å². The van der Waals surface area contributed by atoms with Crippen molar-refractivity contribution in [2.45, 2.75) is 33.4 Å². The quantitative estimate of drug-likeness (QED) is 0.918. The average Bonchev–Trinajstić information content (AvgIpc) is 2.49. The molecule has 2 rings (SSSR count). The maximum atomic E-state index is 12.1. The summed E-state index contributed by atoms with van der Waals surface area (Å²) in [5.41, 5.74) is 3.15. The lowest BCUT2D eigenvalue weighted by Gasteiger charge is -2.16. The Morgan fingerprint density at radius 3 is 2.67 bits per heavy atom. The van der Waals surface area contributed by atoms with E-state index >= 15 is 0 Å². The van der Waals surface area contributed by atoms with E-state index in [0.29, 0.717) is 6.54 Å². The zero-order chi connectivity index (χ0) is 15.2. The van der Waals surface area contributed by atoms with Gasteiger partial charge in [0.25, 0.3) is 5.91 Å². The fourth-order valence-corrected chi connectivity index (χ4v) is 1.91. The first-order chi connectivity index (χ1) is 10.1. The molecule has 2 aromatic rings. The molecule has 0 saturated carbocycles. The Morgan fingerprint density at radius 2 is 1.95 bits per heavy atom. The molecule has 0 aliphatic heterocycles. The molecule has 4 heteroatoms. The van der Waals surface area contributed by atoms with Gasteiger partial charge < -0.3 is 10.1 Å². The van der Waals surface area contributed by atoms with E-state index in [1.807, 2.05) is 44.2 Å². The Balaban J connectivity index is 1.92. The first-order valence-electron chi connectivity index (χ1n) is 6.97. The van der Waals surface area contributed by atoms with Gasteiger partial charge in [0.15, 0.2) is 6.10 Å². The van der Waals surface area contributed by atoms with Crippen LogP contribution in [0.3, 0.4) is 0 Å². The van der Waals surface area contributed by atoms with E-state index in [2.05, 4.69) is 10.3 Å². The third-order valence-electron chi connectivity index (χ3n) is 3.23. The highest BCUT2D eigenvalue weighted by molar-refractivity contribution is 5.80. The minimum absolute atomic E-state index is 0.132. The SMILES string of the molecule is Cc1ccc(C)c(O[C@H](C)C(=O)NCc2ccncc2)c1. The molecule has 0 unspecified atom stereocenters. The summed E-state index contributed by atoms with van der Waals surface area (Å²) < 4.78 is 5.75. The molecule has 1 amide bonds. The van der Waals surface area contributed by atoms with E-state index < -0.39 is 6.10 Å². The van der Waals surface area contributed by atoms with Gasteiger partial charge >= 0.3 is 0 Å². The second-order valence-corrected chi connectivity index (χ2v) is 5.10. The average molecular weight is 284 g/mol. The van der Waals surface area contributed by atoms with E-state index in [1.54, 1.807) is 19.3 Å². The smallest absolute Gasteiger partial charge is 0.261 e. The fraction of sp³-hybridized carbons (Fsp3) is 0.294. The van der Waals surface area contributed by atoms with Crippen molar-refractivity contribution < 1.29 is 9.53 Å². The van der Waals surface area contributed by atoms with Crippen LogP contribution in [0.1, 0.15) is 23.6 Å². The Morgan fingerprint density at radius 1 is 1.24 bits per heavy atom. The number of nitrogens with one attached hydrogen (secondary N) is 1. The van der Waals surface area contributed by atoms with Gasteiger partial charge in [0.2, 0.25) is 0 Å². The highest BCUT2D eigenvalue weighted by Crippen LogP contribution is 2.20. The zero-order valence-electron chi connectivity index (χ0n) is 12.6. The number of nitrogens with zero attached hydrogens (tertiary/aromatic N) is 1. The number of amides is 1. The Hall–Kier alpha value is -2.36. The molecule has 0 bridgehead atoms. The maximum absolute atomic E-state index is 12.1. The number of pyridine rings is 1. The van der Waals surface area contributed by atoms with Crippen molar-refractivity contribution in [1.82, 2.24) is 10.3 Å². The van der Waals surface area contributed by atoms with Crippen molar-refractivity contribution in [2.75, 3.05) is 0 Å². The predicted molar refractivity (Wildman–Crippen MR) is 82.1 cm³/mol. The maximum Gasteiger partial charge on any atom is 0.261 e. The molecular weight excluding hydrogens is 264 g/mol. The van der Waals surface area contributed by atoms with E-state index in [9.17, 15) is 4.79 Å². The number of aromatic nitrogens is 1. The van der Waals surface area contributed by atoms with Crippen LogP contribution in [0.4, 0.5) is 0 Å². The van der Waals surface area contributed by atoms with Crippen molar-refractivity contribution in [3.05, 3.63) is 59.4 Å². The summed E-state index contributed by atoms with van der Waals surface area (Å²) in [5, 5.41) is 2.86. The second-order valence-electron chi connectivity index (χ2n) is 5.10. The van der Waals surface area contributed by atoms with Crippen LogP contribution in [0.5, 0.6) is 5.75 Å². The molecule has 1 aromatic carbocycles. The van der Waals surface area contributed by atoms with Crippen LogP contribution in [0.2, 0.25) is 0 Å². The van der Waals surface area contributed by atoms with Gasteiger partial charge in [0.05, 0.1) is 0 Å². The van der Waals surface area contributed by atoms with Crippen molar-refractivity contribution >= 4 is 5.91 Å². The van der Waals surface area contributed by atoms with Gasteiger partial charge in [-0.15, -0.1) is 0 Å². The van der Waals surface area contributed by atoms with Crippen LogP contribution in [-0.4, -0.2) is 17.0 Å². The minimum Gasteiger partial charge on any atom is -0.481 e. The van der Waals surface area contributed by atoms with Gasteiger partial charge in [-0.05, 0) is 55.7 Å². The third kappa shape index (κ3) is 4.31. The number of ether oxygens (including phenoxy) is 1. The van der Waals surface area contributed by atoms with Gasteiger partial charge in [0, 0.05) is 18.9 Å². The van der Waals surface area contributed by atoms with Crippen molar-refractivity contribution in [2.24, 2.45) is 0 Å². The summed E-state index contributed by atoms with van der Waals surface area (Å²) >= 11 is 0. The summed E-state index contributed by atoms with van der Waals surface area (Å²) in [5.74, 6) is 0.620. The van der Waals surface area contributed by atoms with Gasteiger partial charge in [-0.1, -0.05) is 12.1 Å². The number of carbonyl (C=O) groups is 1. The lowest BCUT2D eigenvalue weighted by Crippen LogP contribution is -2.36. The first kappa shape index (κ1) is 15.0. The number of aryl methyl sites for hydroxylation is 2. The molecule has 0 aliphatic rings.